The van der Waals surface area contributed by atoms with Gasteiger partial charge in [0.05, 0.1) is 18.3 Å². The summed E-state index contributed by atoms with van der Waals surface area (Å²) in [6, 6.07) is 7.33. The Hall–Kier alpha value is -1.06. The SMILES string of the molecule is C[C@@H](O)c1ccc(OCCC(C)(C)O)cc1. The molecular weight excluding hydrogens is 204 g/mol. The number of aliphatic hydroxyl groups excluding tert-OH is 1. The summed E-state index contributed by atoms with van der Waals surface area (Å²) in [5, 5.41) is 18.8. The molecule has 0 unspecified atom stereocenters. The van der Waals surface area contributed by atoms with Gasteiger partial charge in [-0.25, -0.2) is 0 Å². The fourth-order valence-electron chi connectivity index (χ4n) is 1.26. The van der Waals surface area contributed by atoms with Gasteiger partial charge in [0.25, 0.3) is 0 Å². The van der Waals surface area contributed by atoms with Crippen molar-refractivity contribution in [2.75, 3.05) is 6.61 Å². The second-order valence-corrected chi connectivity index (χ2v) is 4.66. The summed E-state index contributed by atoms with van der Waals surface area (Å²) in [5.74, 6) is 0.758. The van der Waals surface area contributed by atoms with Gasteiger partial charge in [-0.3, -0.25) is 0 Å². The van der Waals surface area contributed by atoms with Crippen LogP contribution in [0.15, 0.2) is 24.3 Å². The Morgan fingerprint density at radius 2 is 1.81 bits per heavy atom. The van der Waals surface area contributed by atoms with Crippen molar-refractivity contribution in [2.45, 2.75) is 38.9 Å². The molecule has 16 heavy (non-hydrogen) atoms. The van der Waals surface area contributed by atoms with E-state index in [1.54, 1.807) is 20.8 Å². The lowest BCUT2D eigenvalue weighted by molar-refractivity contribution is 0.0553. The van der Waals surface area contributed by atoms with Gasteiger partial charge in [0, 0.05) is 6.42 Å². The molecule has 0 heterocycles. The van der Waals surface area contributed by atoms with Gasteiger partial charge in [0.15, 0.2) is 0 Å². The summed E-state index contributed by atoms with van der Waals surface area (Å²) < 4.78 is 5.48. The van der Waals surface area contributed by atoms with E-state index in [-0.39, 0.29) is 0 Å². The van der Waals surface area contributed by atoms with Crippen molar-refractivity contribution in [1.29, 1.82) is 0 Å². The molecule has 0 aliphatic rings. The highest BCUT2D eigenvalue weighted by Gasteiger charge is 2.12. The molecule has 1 aromatic rings. The van der Waals surface area contributed by atoms with Crippen LogP contribution in [0.3, 0.4) is 0 Å². The van der Waals surface area contributed by atoms with Gasteiger partial charge in [-0.2, -0.15) is 0 Å². The van der Waals surface area contributed by atoms with Crippen molar-refractivity contribution in [3.63, 3.8) is 0 Å². The fraction of sp³-hybridized carbons (Fsp3) is 0.538. The van der Waals surface area contributed by atoms with E-state index < -0.39 is 11.7 Å². The molecule has 0 radical (unpaired) electrons. The zero-order valence-electron chi connectivity index (χ0n) is 10.1. The Morgan fingerprint density at radius 3 is 2.25 bits per heavy atom. The summed E-state index contributed by atoms with van der Waals surface area (Å²) in [6.45, 7) is 5.72. The number of rotatable bonds is 5. The number of hydrogen-bond donors (Lipinski definition) is 2. The van der Waals surface area contributed by atoms with E-state index in [1.165, 1.54) is 0 Å². The van der Waals surface area contributed by atoms with E-state index >= 15 is 0 Å². The van der Waals surface area contributed by atoms with Crippen molar-refractivity contribution in [1.82, 2.24) is 0 Å². The first-order valence-electron chi connectivity index (χ1n) is 5.52. The highest BCUT2D eigenvalue weighted by Crippen LogP contribution is 2.18. The summed E-state index contributed by atoms with van der Waals surface area (Å²) in [7, 11) is 0. The van der Waals surface area contributed by atoms with Crippen molar-refractivity contribution >= 4 is 0 Å². The lowest BCUT2D eigenvalue weighted by Crippen LogP contribution is -2.21. The zero-order valence-corrected chi connectivity index (χ0v) is 10.1. The molecule has 0 aromatic heterocycles. The normalized spacial score (nSPS) is 13.6. The van der Waals surface area contributed by atoms with Crippen LogP contribution in [-0.4, -0.2) is 22.4 Å². The number of ether oxygens (including phenoxy) is 1. The largest absolute Gasteiger partial charge is 0.493 e. The van der Waals surface area contributed by atoms with Crippen molar-refractivity contribution in [3.8, 4) is 5.75 Å². The van der Waals surface area contributed by atoms with Crippen molar-refractivity contribution in [2.24, 2.45) is 0 Å². The Balaban J connectivity index is 2.44. The summed E-state index contributed by atoms with van der Waals surface area (Å²) >= 11 is 0. The number of hydrogen-bond acceptors (Lipinski definition) is 3. The first-order chi connectivity index (χ1) is 7.38. The first-order valence-corrected chi connectivity index (χ1v) is 5.52. The van der Waals surface area contributed by atoms with Crippen LogP contribution in [-0.2, 0) is 0 Å². The predicted molar refractivity (Wildman–Crippen MR) is 63.5 cm³/mol. The highest BCUT2D eigenvalue weighted by molar-refractivity contribution is 5.28. The lowest BCUT2D eigenvalue weighted by atomic mass is 10.1. The summed E-state index contributed by atoms with van der Waals surface area (Å²) in [6.07, 6.45) is 0.135. The molecule has 90 valence electrons. The quantitative estimate of drug-likeness (QED) is 0.806. The van der Waals surface area contributed by atoms with Gasteiger partial charge in [0.1, 0.15) is 5.75 Å². The molecule has 2 N–H and O–H groups in total. The molecule has 3 nitrogen and oxygen atoms in total. The van der Waals surface area contributed by atoms with Gasteiger partial charge in [-0.15, -0.1) is 0 Å². The van der Waals surface area contributed by atoms with Crippen LogP contribution in [0.4, 0.5) is 0 Å². The molecule has 0 fully saturated rings. The minimum absolute atomic E-state index is 0.453. The van der Waals surface area contributed by atoms with Crippen molar-refractivity contribution < 1.29 is 14.9 Å². The Bertz CT molecular complexity index is 309. The van der Waals surface area contributed by atoms with E-state index in [0.717, 1.165) is 11.3 Å². The molecule has 3 heteroatoms. The molecule has 1 rings (SSSR count). The Kier molecular flexibility index (Phi) is 4.33. The maximum atomic E-state index is 9.50. The average molecular weight is 224 g/mol. The van der Waals surface area contributed by atoms with Crippen LogP contribution in [0.25, 0.3) is 0 Å². The molecule has 1 aromatic carbocycles. The highest BCUT2D eigenvalue weighted by atomic mass is 16.5. The first kappa shape index (κ1) is 13.0. The van der Waals surface area contributed by atoms with Crippen LogP contribution in [0.1, 0.15) is 38.9 Å². The molecule has 0 amide bonds. The second-order valence-electron chi connectivity index (χ2n) is 4.66. The van der Waals surface area contributed by atoms with E-state index in [1.807, 2.05) is 24.3 Å². The molecule has 0 saturated carbocycles. The topological polar surface area (TPSA) is 49.7 Å². The van der Waals surface area contributed by atoms with Crippen LogP contribution in [0, 0.1) is 0 Å². The maximum absolute atomic E-state index is 9.50. The predicted octanol–water partition coefficient (Wildman–Crippen LogP) is 2.28. The minimum Gasteiger partial charge on any atom is -0.493 e. The summed E-state index contributed by atoms with van der Waals surface area (Å²) in [5.41, 5.74) is 0.175. The Labute approximate surface area is 96.7 Å². The standard InChI is InChI=1S/C13H20O3/c1-10(14)11-4-6-12(7-5-11)16-9-8-13(2,3)15/h4-7,10,14-15H,8-9H2,1-3H3/t10-/m1/s1. The van der Waals surface area contributed by atoms with Gasteiger partial charge in [0.2, 0.25) is 0 Å². The van der Waals surface area contributed by atoms with Gasteiger partial charge in [-0.05, 0) is 38.5 Å². The molecule has 0 aliphatic carbocycles. The smallest absolute Gasteiger partial charge is 0.119 e. The third kappa shape index (κ3) is 4.64. The van der Waals surface area contributed by atoms with E-state index in [2.05, 4.69) is 0 Å². The van der Waals surface area contributed by atoms with Crippen LogP contribution >= 0.6 is 0 Å². The Morgan fingerprint density at radius 1 is 1.25 bits per heavy atom. The minimum atomic E-state index is -0.695. The van der Waals surface area contributed by atoms with E-state index in [0.29, 0.717) is 13.0 Å². The number of aliphatic hydroxyl groups is 2. The fourth-order valence-corrected chi connectivity index (χ4v) is 1.26. The van der Waals surface area contributed by atoms with Crippen molar-refractivity contribution in [3.05, 3.63) is 29.8 Å². The van der Waals surface area contributed by atoms with Gasteiger partial charge < -0.3 is 14.9 Å². The number of benzene rings is 1. The molecule has 1 atom stereocenters. The average Bonchev–Trinajstić information content (AvgIpc) is 2.16. The zero-order chi connectivity index (χ0) is 12.2. The molecule has 0 aliphatic heterocycles. The van der Waals surface area contributed by atoms with E-state index in [9.17, 15) is 10.2 Å². The molecular formula is C13H20O3. The molecule has 0 saturated heterocycles. The van der Waals surface area contributed by atoms with Crippen LogP contribution in [0.2, 0.25) is 0 Å². The second kappa shape index (κ2) is 5.32. The van der Waals surface area contributed by atoms with E-state index in [4.69, 9.17) is 4.74 Å². The van der Waals surface area contributed by atoms with Gasteiger partial charge >= 0.3 is 0 Å². The monoisotopic (exact) mass is 224 g/mol. The molecule has 0 bridgehead atoms. The summed E-state index contributed by atoms with van der Waals surface area (Å²) in [4.78, 5) is 0. The maximum Gasteiger partial charge on any atom is 0.119 e. The lowest BCUT2D eigenvalue weighted by Gasteiger charge is -2.17. The van der Waals surface area contributed by atoms with Crippen LogP contribution < -0.4 is 4.74 Å². The van der Waals surface area contributed by atoms with Gasteiger partial charge in [-0.1, -0.05) is 12.1 Å². The third-order valence-corrected chi connectivity index (χ3v) is 2.35. The third-order valence-electron chi connectivity index (χ3n) is 2.35. The van der Waals surface area contributed by atoms with Crippen LogP contribution in [0.5, 0.6) is 5.75 Å². The molecule has 0 spiro atoms.